The number of nitrogens with one attached hydrogen (secondary N) is 1. The van der Waals surface area contributed by atoms with E-state index in [-0.39, 0.29) is 18.0 Å². The van der Waals surface area contributed by atoms with Crippen LogP contribution in [-0.4, -0.2) is 15.5 Å². The highest BCUT2D eigenvalue weighted by molar-refractivity contribution is 5.80. The van der Waals surface area contributed by atoms with Crippen molar-refractivity contribution in [3.63, 3.8) is 0 Å². The van der Waals surface area contributed by atoms with Crippen molar-refractivity contribution in [1.29, 1.82) is 0 Å². The standard InChI is InChI=1S/C19H19N3O2/c1-13-7-9-15(10-8-13)11-20-18(23)12-22-17-6-4-3-5-16(17)21-14(2)19(22)24/h3-10H,11-12H2,1-2H3,(H,20,23). The number of para-hydroxylation sites is 2. The third-order valence-corrected chi connectivity index (χ3v) is 3.93. The molecule has 5 nitrogen and oxygen atoms in total. The average Bonchev–Trinajstić information content (AvgIpc) is 2.58. The lowest BCUT2D eigenvalue weighted by Gasteiger charge is -2.11. The highest BCUT2D eigenvalue weighted by atomic mass is 16.2. The van der Waals surface area contributed by atoms with Gasteiger partial charge in [0.2, 0.25) is 5.91 Å². The van der Waals surface area contributed by atoms with E-state index in [9.17, 15) is 9.59 Å². The fourth-order valence-corrected chi connectivity index (χ4v) is 2.58. The Morgan fingerprint density at radius 2 is 1.79 bits per heavy atom. The summed E-state index contributed by atoms with van der Waals surface area (Å²) in [5, 5.41) is 2.86. The summed E-state index contributed by atoms with van der Waals surface area (Å²) in [6, 6.07) is 15.3. The average molecular weight is 321 g/mol. The quantitative estimate of drug-likeness (QED) is 0.802. The van der Waals surface area contributed by atoms with E-state index in [1.54, 1.807) is 13.0 Å². The zero-order valence-electron chi connectivity index (χ0n) is 13.7. The largest absolute Gasteiger partial charge is 0.350 e. The van der Waals surface area contributed by atoms with E-state index in [0.717, 1.165) is 5.56 Å². The molecule has 0 bridgehead atoms. The first-order valence-corrected chi connectivity index (χ1v) is 7.83. The number of carbonyl (C=O) groups excluding carboxylic acids is 1. The minimum atomic E-state index is -0.237. The van der Waals surface area contributed by atoms with Gasteiger partial charge in [0.25, 0.3) is 5.56 Å². The Balaban J connectivity index is 1.79. The third kappa shape index (κ3) is 3.35. The van der Waals surface area contributed by atoms with Gasteiger partial charge in [0.05, 0.1) is 11.0 Å². The van der Waals surface area contributed by atoms with E-state index >= 15 is 0 Å². The zero-order chi connectivity index (χ0) is 17.1. The van der Waals surface area contributed by atoms with Gasteiger partial charge in [-0.05, 0) is 31.5 Å². The number of hydrogen-bond donors (Lipinski definition) is 1. The van der Waals surface area contributed by atoms with Crippen LogP contribution in [0.2, 0.25) is 0 Å². The van der Waals surface area contributed by atoms with Gasteiger partial charge in [-0.15, -0.1) is 0 Å². The monoisotopic (exact) mass is 321 g/mol. The summed E-state index contributed by atoms with van der Waals surface area (Å²) in [4.78, 5) is 28.9. The summed E-state index contributed by atoms with van der Waals surface area (Å²) in [7, 11) is 0. The first kappa shape index (κ1) is 15.9. The summed E-state index contributed by atoms with van der Waals surface area (Å²) in [5.41, 5.74) is 3.73. The number of aromatic nitrogens is 2. The number of aryl methyl sites for hydroxylation is 2. The normalized spacial score (nSPS) is 10.8. The minimum absolute atomic E-state index is 0.0193. The smallest absolute Gasteiger partial charge is 0.272 e. The summed E-state index contributed by atoms with van der Waals surface area (Å²) in [6.45, 7) is 4.10. The van der Waals surface area contributed by atoms with Crippen LogP contribution >= 0.6 is 0 Å². The molecule has 1 amide bonds. The number of rotatable bonds is 4. The molecule has 2 aromatic carbocycles. The van der Waals surface area contributed by atoms with Crippen molar-refractivity contribution < 1.29 is 4.79 Å². The van der Waals surface area contributed by atoms with Crippen LogP contribution in [0.3, 0.4) is 0 Å². The molecule has 0 aliphatic heterocycles. The molecule has 0 saturated carbocycles. The molecular weight excluding hydrogens is 302 g/mol. The van der Waals surface area contributed by atoms with Crippen molar-refractivity contribution >= 4 is 16.9 Å². The lowest BCUT2D eigenvalue weighted by Crippen LogP contribution is -2.33. The Kier molecular flexibility index (Phi) is 4.42. The predicted molar refractivity (Wildman–Crippen MR) is 93.8 cm³/mol. The Bertz CT molecular complexity index is 943. The molecule has 1 N–H and O–H groups in total. The van der Waals surface area contributed by atoms with E-state index in [4.69, 9.17) is 0 Å². The van der Waals surface area contributed by atoms with E-state index < -0.39 is 0 Å². The molecule has 122 valence electrons. The van der Waals surface area contributed by atoms with E-state index in [2.05, 4.69) is 10.3 Å². The van der Waals surface area contributed by atoms with Crippen molar-refractivity contribution in [3.05, 3.63) is 75.7 Å². The van der Waals surface area contributed by atoms with E-state index in [1.807, 2.05) is 49.4 Å². The van der Waals surface area contributed by atoms with Crippen LogP contribution in [-0.2, 0) is 17.9 Å². The van der Waals surface area contributed by atoms with Crippen LogP contribution in [0.1, 0.15) is 16.8 Å². The second-order valence-electron chi connectivity index (χ2n) is 5.84. The maximum atomic E-state index is 12.4. The molecular formula is C19H19N3O2. The topological polar surface area (TPSA) is 64.0 Å². The molecule has 0 aliphatic carbocycles. The van der Waals surface area contributed by atoms with Crippen molar-refractivity contribution in [2.45, 2.75) is 26.9 Å². The molecule has 0 atom stereocenters. The summed E-state index contributed by atoms with van der Waals surface area (Å²) in [6.07, 6.45) is 0. The Labute approximate surface area is 140 Å². The molecule has 5 heteroatoms. The Morgan fingerprint density at radius 3 is 2.54 bits per heavy atom. The van der Waals surface area contributed by atoms with Gasteiger partial charge in [0, 0.05) is 6.54 Å². The fourth-order valence-electron chi connectivity index (χ4n) is 2.58. The second-order valence-corrected chi connectivity index (χ2v) is 5.84. The minimum Gasteiger partial charge on any atom is -0.350 e. The van der Waals surface area contributed by atoms with Gasteiger partial charge in [0.15, 0.2) is 0 Å². The number of nitrogens with zero attached hydrogens (tertiary/aromatic N) is 2. The van der Waals surface area contributed by atoms with Gasteiger partial charge in [-0.2, -0.15) is 0 Å². The van der Waals surface area contributed by atoms with Crippen LogP contribution in [0.25, 0.3) is 11.0 Å². The van der Waals surface area contributed by atoms with Gasteiger partial charge in [-0.3, -0.25) is 14.2 Å². The molecule has 0 saturated heterocycles. The van der Waals surface area contributed by atoms with E-state index in [1.165, 1.54) is 10.1 Å². The van der Waals surface area contributed by atoms with Crippen molar-refractivity contribution in [2.24, 2.45) is 0 Å². The number of fused-ring (bicyclic) bond motifs is 1. The molecule has 24 heavy (non-hydrogen) atoms. The van der Waals surface area contributed by atoms with Gasteiger partial charge in [-0.25, -0.2) is 4.98 Å². The van der Waals surface area contributed by atoms with Gasteiger partial charge >= 0.3 is 0 Å². The highest BCUT2D eigenvalue weighted by Gasteiger charge is 2.11. The molecule has 0 spiro atoms. The highest BCUT2D eigenvalue weighted by Crippen LogP contribution is 2.09. The van der Waals surface area contributed by atoms with Crippen molar-refractivity contribution in [2.75, 3.05) is 0 Å². The molecule has 1 heterocycles. The SMILES string of the molecule is Cc1ccc(CNC(=O)Cn2c(=O)c(C)nc3ccccc32)cc1. The second kappa shape index (κ2) is 6.66. The predicted octanol–water partition coefficient (Wildman–Crippen LogP) is 2.33. The van der Waals surface area contributed by atoms with Crippen LogP contribution < -0.4 is 10.9 Å². The van der Waals surface area contributed by atoms with Crippen LogP contribution in [0.4, 0.5) is 0 Å². The first-order chi connectivity index (χ1) is 11.5. The summed E-state index contributed by atoms with van der Waals surface area (Å²) in [5.74, 6) is -0.201. The van der Waals surface area contributed by atoms with Crippen molar-refractivity contribution in [3.8, 4) is 0 Å². The van der Waals surface area contributed by atoms with Crippen LogP contribution in [0, 0.1) is 13.8 Å². The molecule has 0 unspecified atom stereocenters. The van der Waals surface area contributed by atoms with Crippen LogP contribution in [0.15, 0.2) is 53.3 Å². The summed E-state index contributed by atoms with van der Waals surface area (Å²) >= 11 is 0. The lowest BCUT2D eigenvalue weighted by molar-refractivity contribution is -0.121. The van der Waals surface area contributed by atoms with Crippen molar-refractivity contribution in [1.82, 2.24) is 14.9 Å². The fraction of sp³-hybridized carbons (Fsp3) is 0.211. The van der Waals surface area contributed by atoms with Gasteiger partial charge in [-0.1, -0.05) is 42.0 Å². The molecule has 3 aromatic rings. The van der Waals surface area contributed by atoms with Crippen LogP contribution in [0.5, 0.6) is 0 Å². The Morgan fingerprint density at radius 1 is 1.08 bits per heavy atom. The maximum Gasteiger partial charge on any atom is 0.272 e. The zero-order valence-corrected chi connectivity index (χ0v) is 13.7. The molecule has 0 aliphatic rings. The molecule has 1 aromatic heterocycles. The molecule has 0 fully saturated rings. The summed E-state index contributed by atoms with van der Waals surface area (Å²) < 4.78 is 1.47. The first-order valence-electron chi connectivity index (χ1n) is 7.83. The lowest BCUT2D eigenvalue weighted by atomic mass is 10.1. The molecule has 0 radical (unpaired) electrons. The molecule has 3 rings (SSSR count). The maximum absolute atomic E-state index is 12.4. The number of benzene rings is 2. The van der Waals surface area contributed by atoms with Gasteiger partial charge < -0.3 is 5.32 Å². The number of carbonyl (C=O) groups is 1. The Hall–Kier alpha value is -2.95. The van der Waals surface area contributed by atoms with E-state index in [0.29, 0.717) is 23.3 Å². The number of amides is 1. The third-order valence-electron chi connectivity index (χ3n) is 3.93. The van der Waals surface area contributed by atoms with Gasteiger partial charge in [0.1, 0.15) is 12.2 Å². The number of hydrogen-bond acceptors (Lipinski definition) is 3.